The maximum Gasteiger partial charge on any atom is 0.0926 e. The van der Waals surface area contributed by atoms with Crippen LogP contribution in [0.2, 0.25) is 0 Å². The maximum atomic E-state index is 8.94. The van der Waals surface area contributed by atoms with E-state index in [2.05, 4.69) is 5.10 Å². The number of fused-ring (bicyclic) bond motifs is 1. The number of nitrogens with two attached hydrogens (primary N) is 1. The van der Waals surface area contributed by atoms with E-state index in [1.54, 1.807) is 0 Å². The number of aliphatic hydroxyl groups is 1. The number of aryl methyl sites for hydroxylation is 1. The van der Waals surface area contributed by atoms with Crippen molar-refractivity contribution in [2.45, 2.75) is 12.5 Å². The summed E-state index contributed by atoms with van der Waals surface area (Å²) in [4.78, 5) is 0. The average Bonchev–Trinajstić information content (AvgIpc) is 2.55. The van der Waals surface area contributed by atoms with Crippen LogP contribution >= 0.6 is 0 Å². The van der Waals surface area contributed by atoms with Gasteiger partial charge in [0.1, 0.15) is 0 Å². The summed E-state index contributed by atoms with van der Waals surface area (Å²) in [5.41, 5.74) is 7.78. The van der Waals surface area contributed by atoms with Crippen LogP contribution in [0.4, 0.5) is 0 Å². The molecule has 15 heavy (non-hydrogen) atoms. The van der Waals surface area contributed by atoms with E-state index in [9.17, 15) is 0 Å². The van der Waals surface area contributed by atoms with Gasteiger partial charge in [-0.2, -0.15) is 5.10 Å². The smallest absolute Gasteiger partial charge is 0.0926 e. The van der Waals surface area contributed by atoms with Gasteiger partial charge in [0.2, 0.25) is 0 Å². The summed E-state index contributed by atoms with van der Waals surface area (Å²) in [6.07, 6.45) is 0.646. The second-order valence-electron chi connectivity index (χ2n) is 3.73. The van der Waals surface area contributed by atoms with Crippen LogP contribution < -0.4 is 5.73 Å². The standard InChI is InChI=1S/C11H15N3O/c1-14-11(6-8(12)7-15)9-4-2-3-5-10(9)13-14/h2-5,8,15H,6-7,12H2,1H3. The SMILES string of the molecule is Cn1nc2ccccc2c1CC(N)CO. The molecule has 4 nitrogen and oxygen atoms in total. The van der Waals surface area contributed by atoms with Crippen molar-refractivity contribution in [1.82, 2.24) is 9.78 Å². The maximum absolute atomic E-state index is 8.94. The van der Waals surface area contributed by atoms with Crippen molar-refractivity contribution >= 4 is 10.9 Å². The molecule has 0 saturated carbocycles. The van der Waals surface area contributed by atoms with Crippen LogP contribution in [0.15, 0.2) is 24.3 Å². The van der Waals surface area contributed by atoms with Gasteiger partial charge in [-0.3, -0.25) is 4.68 Å². The Labute approximate surface area is 88.3 Å². The van der Waals surface area contributed by atoms with Crippen molar-refractivity contribution in [1.29, 1.82) is 0 Å². The van der Waals surface area contributed by atoms with Crippen molar-refractivity contribution in [3.8, 4) is 0 Å². The minimum atomic E-state index is -0.219. The fourth-order valence-electron chi connectivity index (χ4n) is 1.76. The number of aliphatic hydroxyl groups excluding tert-OH is 1. The molecule has 0 aliphatic heterocycles. The summed E-state index contributed by atoms with van der Waals surface area (Å²) in [6, 6.07) is 7.73. The summed E-state index contributed by atoms with van der Waals surface area (Å²) in [5.74, 6) is 0. The second-order valence-corrected chi connectivity index (χ2v) is 3.73. The lowest BCUT2D eigenvalue weighted by Crippen LogP contribution is -2.27. The van der Waals surface area contributed by atoms with E-state index < -0.39 is 0 Å². The topological polar surface area (TPSA) is 64.1 Å². The van der Waals surface area contributed by atoms with Gasteiger partial charge in [0, 0.05) is 30.6 Å². The molecule has 0 saturated heterocycles. The van der Waals surface area contributed by atoms with E-state index >= 15 is 0 Å². The summed E-state index contributed by atoms with van der Waals surface area (Å²) in [6.45, 7) is -0.000489. The zero-order chi connectivity index (χ0) is 10.8. The van der Waals surface area contributed by atoms with E-state index in [-0.39, 0.29) is 12.6 Å². The molecule has 1 atom stereocenters. The van der Waals surface area contributed by atoms with E-state index in [1.165, 1.54) is 0 Å². The van der Waals surface area contributed by atoms with E-state index in [0.717, 1.165) is 16.6 Å². The fraction of sp³-hybridized carbons (Fsp3) is 0.364. The number of hydrogen-bond donors (Lipinski definition) is 2. The molecule has 1 unspecified atom stereocenters. The minimum absolute atomic E-state index is 0.000489. The summed E-state index contributed by atoms with van der Waals surface area (Å²) in [5, 5.41) is 14.4. The highest BCUT2D eigenvalue weighted by Crippen LogP contribution is 2.18. The van der Waals surface area contributed by atoms with Gasteiger partial charge in [0.05, 0.1) is 12.1 Å². The summed E-state index contributed by atoms with van der Waals surface area (Å²) >= 11 is 0. The summed E-state index contributed by atoms with van der Waals surface area (Å²) < 4.78 is 1.83. The Bertz CT molecular complexity index is 464. The molecule has 1 aromatic carbocycles. The minimum Gasteiger partial charge on any atom is -0.395 e. The number of rotatable bonds is 3. The third-order valence-corrected chi connectivity index (χ3v) is 2.55. The van der Waals surface area contributed by atoms with Crippen molar-refractivity contribution in [3.05, 3.63) is 30.0 Å². The molecule has 0 aliphatic carbocycles. The van der Waals surface area contributed by atoms with Crippen LogP contribution in [0, 0.1) is 0 Å². The van der Waals surface area contributed by atoms with Gasteiger partial charge in [0.15, 0.2) is 0 Å². The lowest BCUT2D eigenvalue weighted by molar-refractivity contribution is 0.264. The highest BCUT2D eigenvalue weighted by atomic mass is 16.3. The third-order valence-electron chi connectivity index (χ3n) is 2.55. The molecule has 0 aliphatic rings. The van der Waals surface area contributed by atoms with Gasteiger partial charge in [-0.25, -0.2) is 0 Å². The van der Waals surface area contributed by atoms with Crippen molar-refractivity contribution in [3.63, 3.8) is 0 Å². The molecule has 0 bridgehead atoms. The number of benzene rings is 1. The molecule has 0 fully saturated rings. The highest BCUT2D eigenvalue weighted by Gasteiger charge is 2.11. The van der Waals surface area contributed by atoms with E-state index in [0.29, 0.717) is 6.42 Å². The average molecular weight is 205 g/mol. The van der Waals surface area contributed by atoms with Gasteiger partial charge < -0.3 is 10.8 Å². The van der Waals surface area contributed by atoms with Gasteiger partial charge in [0.25, 0.3) is 0 Å². The Morgan fingerprint density at radius 2 is 2.20 bits per heavy atom. The van der Waals surface area contributed by atoms with Gasteiger partial charge >= 0.3 is 0 Å². The lowest BCUT2D eigenvalue weighted by atomic mass is 10.1. The molecule has 0 amide bonds. The van der Waals surface area contributed by atoms with Gasteiger partial charge in [-0.1, -0.05) is 18.2 Å². The molecule has 1 aromatic heterocycles. The number of aromatic nitrogens is 2. The molecule has 0 radical (unpaired) electrons. The quantitative estimate of drug-likeness (QED) is 0.764. The molecular weight excluding hydrogens is 190 g/mol. The van der Waals surface area contributed by atoms with Crippen LogP contribution in [0.25, 0.3) is 10.9 Å². The molecule has 0 spiro atoms. The Hall–Kier alpha value is -1.39. The predicted octanol–water partition coefficient (Wildman–Crippen LogP) is 0.435. The third kappa shape index (κ3) is 1.86. The largest absolute Gasteiger partial charge is 0.395 e. The normalized spacial score (nSPS) is 13.3. The molecule has 3 N–H and O–H groups in total. The first kappa shape index (κ1) is 10.1. The first-order valence-electron chi connectivity index (χ1n) is 4.99. The number of nitrogens with zero attached hydrogens (tertiary/aromatic N) is 2. The highest BCUT2D eigenvalue weighted by molar-refractivity contribution is 5.81. The molecule has 2 aromatic rings. The van der Waals surface area contributed by atoms with Crippen LogP contribution in [-0.4, -0.2) is 27.5 Å². The zero-order valence-corrected chi connectivity index (χ0v) is 8.72. The van der Waals surface area contributed by atoms with E-state index in [4.69, 9.17) is 10.8 Å². The van der Waals surface area contributed by atoms with Gasteiger partial charge in [-0.15, -0.1) is 0 Å². The first-order chi connectivity index (χ1) is 7.22. The fourth-order valence-corrected chi connectivity index (χ4v) is 1.76. The van der Waals surface area contributed by atoms with Crippen LogP contribution in [0.3, 0.4) is 0 Å². The molecule has 80 valence electrons. The Balaban J connectivity index is 2.45. The van der Waals surface area contributed by atoms with Crippen molar-refractivity contribution in [2.75, 3.05) is 6.61 Å². The monoisotopic (exact) mass is 205 g/mol. The van der Waals surface area contributed by atoms with Gasteiger partial charge in [-0.05, 0) is 6.07 Å². The predicted molar refractivity (Wildman–Crippen MR) is 59.5 cm³/mol. The van der Waals surface area contributed by atoms with Crippen LogP contribution in [-0.2, 0) is 13.5 Å². The molecular formula is C11H15N3O. The van der Waals surface area contributed by atoms with Crippen molar-refractivity contribution < 1.29 is 5.11 Å². The Morgan fingerprint density at radius 1 is 1.47 bits per heavy atom. The Morgan fingerprint density at radius 3 is 2.93 bits per heavy atom. The Kier molecular flexibility index (Phi) is 2.70. The molecule has 4 heteroatoms. The second kappa shape index (κ2) is 4.00. The number of hydrogen-bond acceptors (Lipinski definition) is 3. The molecule has 2 rings (SSSR count). The molecule has 1 heterocycles. The van der Waals surface area contributed by atoms with Crippen molar-refractivity contribution in [2.24, 2.45) is 12.8 Å². The van der Waals surface area contributed by atoms with Crippen LogP contribution in [0.5, 0.6) is 0 Å². The van der Waals surface area contributed by atoms with Crippen LogP contribution in [0.1, 0.15) is 5.69 Å². The first-order valence-corrected chi connectivity index (χ1v) is 4.99. The zero-order valence-electron chi connectivity index (χ0n) is 8.72. The van der Waals surface area contributed by atoms with E-state index in [1.807, 2.05) is 36.0 Å². The summed E-state index contributed by atoms with van der Waals surface area (Å²) in [7, 11) is 1.90. The lowest BCUT2D eigenvalue weighted by Gasteiger charge is -2.08.